The fourth-order valence-corrected chi connectivity index (χ4v) is 2.89. The molecule has 0 atom stereocenters. The average Bonchev–Trinajstić information content (AvgIpc) is 3.51. The monoisotopic (exact) mass is 514 g/mol. The summed E-state index contributed by atoms with van der Waals surface area (Å²) >= 11 is 0. The van der Waals surface area contributed by atoms with Crippen LogP contribution in [0, 0.1) is 20.2 Å². The lowest BCUT2D eigenvalue weighted by Gasteiger charge is -2.13. The first kappa shape index (κ1) is 28.3. The summed E-state index contributed by atoms with van der Waals surface area (Å²) in [5.41, 5.74) is 0.790. The molecule has 0 fully saturated rings. The summed E-state index contributed by atoms with van der Waals surface area (Å²) in [5, 5.41) is 33.6. The first-order valence-corrected chi connectivity index (χ1v) is 10.9. The summed E-state index contributed by atoms with van der Waals surface area (Å²) in [6.45, 7) is 5.56. The Balaban J connectivity index is 0.000000230. The van der Waals surface area contributed by atoms with Crippen LogP contribution in [-0.2, 0) is 0 Å². The molecular weight excluding hydrogens is 488 g/mol. The van der Waals surface area contributed by atoms with Crippen LogP contribution in [0.1, 0.15) is 34.6 Å². The van der Waals surface area contributed by atoms with Crippen molar-refractivity contribution in [1.29, 1.82) is 0 Å². The van der Waals surface area contributed by atoms with Crippen molar-refractivity contribution < 1.29 is 24.5 Å². The highest BCUT2D eigenvalue weighted by Crippen LogP contribution is 2.23. The smallest absolute Gasteiger partial charge is 0.337 e. The zero-order valence-electron chi connectivity index (χ0n) is 20.5. The van der Waals surface area contributed by atoms with Gasteiger partial charge in [-0.3, -0.25) is 25.0 Å². The molecule has 37 heavy (non-hydrogen) atoms. The first-order chi connectivity index (χ1) is 17.5. The molecule has 0 bridgehead atoms. The number of carboxylic acids is 1. The minimum absolute atomic E-state index is 0.0267. The maximum Gasteiger partial charge on any atom is 0.337 e. The van der Waals surface area contributed by atoms with Gasteiger partial charge in [-0.15, -0.1) is 0 Å². The second-order valence-corrected chi connectivity index (χ2v) is 7.43. The summed E-state index contributed by atoms with van der Waals surface area (Å²) in [6, 6.07) is 2.54. The normalized spacial score (nSPS) is 10.2. The van der Waals surface area contributed by atoms with Crippen molar-refractivity contribution in [2.24, 2.45) is 0 Å². The molecule has 4 aromatic heterocycles. The summed E-state index contributed by atoms with van der Waals surface area (Å²) in [5.74, 6) is -1.34. The standard InChI is InChI=1S/C11H12N4O3.C8H5N3O4.C3H9N/c1-3-14(2)11(16)9-6-13-10-8(9)4-7(5-12-10)15(17)18;12-8(13)6-3-10-7-5(6)1-4(2-9-7)11(14)15;1-3-4-2/h4-6H,3H2,1-2H3,(H,12,13);1-3H,(H,9,10)(H,12,13);4H,3H2,1-2H3. The Morgan fingerprint density at radius 1 is 0.973 bits per heavy atom. The molecule has 4 aromatic rings. The van der Waals surface area contributed by atoms with Gasteiger partial charge in [-0.05, 0) is 20.5 Å². The second-order valence-electron chi connectivity index (χ2n) is 7.43. The van der Waals surface area contributed by atoms with E-state index >= 15 is 0 Å². The average molecular weight is 514 g/mol. The number of hydrogen-bond acceptors (Lipinski definition) is 9. The van der Waals surface area contributed by atoms with E-state index in [0.29, 0.717) is 28.8 Å². The third-order valence-corrected chi connectivity index (χ3v) is 5.09. The molecule has 0 unspecified atom stereocenters. The fraction of sp³-hybridized carbons (Fsp3) is 0.273. The van der Waals surface area contributed by atoms with E-state index in [9.17, 15) is 29.8 Å². The van der Waals surface area contributed by atoms with Crippen LogP contribution >= 0.6 is 0 Å². The predicted octanol–water partition coefficient (Wildman–Crippen LogP) is 2.96. The largest absolute Gasteiger partial charge is 0.478 e. The van der Waals surface area contributed by atoms with Crippen molar-refractivity contribution in [2.75, 3.05) is 27.2 Å². The number of carbonyl (C=O) groups is 2. The van der Waals surface area contributed by atoms with Gasteiger partial charge >= 0.3 is 5.97 Å². The predicted molar refractivity (Wildman–Crippen MR) is 135 cm³/mol. The van der Waals surface area contributed by atoms with Gasteiger partial charge in [0.25, 0.3) is 17.3 Å². The molecule has 4 heterocycles. The molecule has 0 saturated heterocycles. The molecule has 1 amide bonds. The van der Waals surface area contributed by atoms with E-state index in [1.807, 2.05) is 14.0 Å². The van der Waals surface area contributed by atoms with Gasteiger partial charge in [-0.2, -0.15) is 0 Å². The quantitative estimate of drug-likeness (QED) is 0.218. The molecule has 0 aromatic carbocycles. The number of amides is 1. The van der Waals surface area contributed by atoms with Crippen LogP contribution in [0.2, 0.25) is 0 Å². The lowest BCUT2D eigenvalue weighted by atomic mass is 10.2. The van der Waals surface area contributed by atoms with Gasteiger partial charge in [0.1, 0.15) is 23.7 Å². The number of aromatic nitrogens is 4. The highest BCUT2D eigenvalue weighted by Gasteiger charge is 2.18. The van der Waals surface area contributed by atoms with Crippen molar-refractivity contribution >= 4 is 45.3 Å². The maximum absolute atomic E-state index is 12.0. The van der Waals surface area contributed by atoms with E-state index in [0.717, 1.165) is 18.9 Å². The number of nitrogens with one attached hydrogen (secondary N) is 3. The van der Waals surface area contributed by atoms with E-state index in [2.05, 4.69) is 32.2 Å². The number of aromatic carboxylic acids is 1. The van der Waals surface area contributed by atoms with Crippen LogP contribution in [0.15, 0.2) is 36.9 Å². The number of rotatable bonds is 6. The SMILES string of the molecule is CCN(C)C(=O)c1c[nH]c2ncc([N+](=O)[O-])cc12.CCNC.O=C(O)c1c[nH]c2ncc([N+](=O)[O-])cc12. The number of nitro groups is 2. The molecule has 0 aliphatic carbocycles. The summed E-state index contributed by atoms with van der Waals surface area (Å²) < 4.78 is 0. The van der Waals surface area contributed by atoms with E-state index < -0.39 is 15.8 Å². The van der Waals surface area contributed by atoms with Gasteiger partial charge in [-0.1, -0.05) is 6.92 Å². The number of H-pyrrole nitrogens is 2. The first-order valence-electron chi connectivity index (χ1n) is 10.9. The molecule has 0 saturated carbocycles. The third kappa shape index (κ3) is 6.82. The van der Waals surface area contributed by atoms with E-state index in [-0.39, 0.29) is 28.2 Å². The number of fused-ring (bicyclic) bond motifs is 2. The molecule has 15 heteroatoms. The topological polar surface area (TPSA) is 213 Å². The Hall–Kier alpha value is -4.92. The van der Waals surface area contributed by atoms with Gasteiger partial charge in [-0.25, -0.2) is 14.8 Å². The van der Waals surface area contributed by atoms with Crippen LogP contribution in [0.5, 0.6) is 0 Å². The van der Waals surface area contributed by atoms with Gasteiger partial charge in [0.2, 0.25) is 0 Å². The number of pyridine rings is 2. The summed E-state index contributed by atoms with van der Waals surface area (Å²) in [7, 11) is 3.60. The Morgan fingerprint density at radius 3 is 1.78 bits per heavy atom. The van der Waals surface area contributed by atoms with Crippen LogP contribution < -0.4 is 5.32 Å². The van der Waals surface area contributed by atoms with Gasteiger partial charge in [0, 0.05) is 48.9 Å². The molecule has 0 radical (unpaired) electrons. The van der Waals surface area contributed by atoms with Crippen molar-refractivity contribution in [3.05, 3.63) is 68.3 Å². The fourth-order valence-electron chi connectivity index (χ4n) is 2.89. The minimum Gasteiger partial charge on any atom is -0.478 e. The van der Waals surface area contributed by atoms with Crippen LogP contribution in [0.4, 0.5) is 11.4 Å². The summed E-state index contributed by atoms with van der Waals surface area (Å²) in [6.07, 6.45) is 5.01. The van der Waals surface area contributed by atoms with Gasteiger partial charge < -0.3 is 25.3 Å². The zero-order valence-corrected chi connectivity index (χ0v) is 20.5. The van der Waals surface area contributed by atoms with Crippen molar-refractivity contribution in [1.82, 2.24) is 30.2 Å². The lowest BCUT2D eigenvalue weighted by molar-refractivity contribution is -0.385. The number of aromatic amines is 2. The molecular formula is C22H26N8O7. The minimum atomic E-state index is -1.15. The van der Waals surface area contributed by atoms with Gasteiger partial charge in [0.05, 0.1) is 21.0 Å². The molecule has 196 valence electrons. The van der Waals surface area contributed by atoms with Crippen molar-refractivity contribution in [3.8, 4) is 0 Å². The highest BCUT2D eigenvalue weighted by molar-refractivity contribution is 6.06. The number of carboxylic acid groups (broad SMARTS) is 1. The Morgan fingerprint density at radius 2 is 1.41 bits per heavy atom. The van der Waals surface area contributed by atoms with Gasteiger partial charge in [0.15, 0.2) is 0 Å². The number of carbonyl (C=O) groups excluding carboxylic acids is 1. The van der Waals surface area contributed by atoms with Crippen molar-refractivity contribution in [2.45, 2.75) is 13.8 Å². The molecule has 4 N–H and O–H groups in total. The van der Waals surface area contributed by atoms with Crippen LogP contribution in [0.3, 0.4) is 0 Å². The van der Waals surface area contributed by atoms with Crippen LogP contribution in [-0.4, -0.2) is 78.9 Å². The van der Waals surface area contributed by atoms with E-state index in [4.69, 9.17) is 5.11 Å². The van der Waals surface area contributed by atoms with Crippen molar-refractivity contribution in [3.63, 3.8) is 0 Å². The Bertz CT molecular complexity index is 1430. The summed E-state index contributed by atoms with van der Waals surface area (Å²) in [4.78, 5) is 57.4. The lowest BCUT2D eigenvalue weighted by Crippen LogP contribution is -2.25. The second kappa shape index (κ2) is 12.7. The Kier molecular flexibility index (Phi) is 9.71. The van der Waals surface area contributed by atoms with Crippen LogP contribution in [0.25, 0.3) is 22.1 Å². The highest BCUT2D eigenvalue weighted by atomic mass is 16.6. The number of nitrogens with zero attached hydrogens (tertiary/aromatic N) is 5. The zero-order chi connectivity index (χ0) is 27.7. The van der Waals surface area contributed by atoms with E-state index in [1.165, 1.54) is 29.4 Å². The molecule has 0 aliphatic heterocycles. The van der Waals surface area contributed by atoms with E-state index in [1.54, 1.807) is 7.05 Å². The molecule has 0 spiro atoms. The number of hydrogen-bond donors (Lipinski definition) is 4. The molecule has 4 rings (SSSR count). The maximum atomic E-state index is 12.0. The Labute approximate surface area is 209 Å². The third-order valence-electron chi connectivity index (χ3n) is 5.09. The molecule has 0 aliphatic rings. The molecule has 15 nitrogen and oxygen atoms in total.